The molecule has 5 bridgehead atoms. The van der Waals surface area contributed by atoms with Crippen LogP contribution in [0.3, 0.4) is 0 Å². The number of carbonyl (C=O) groups is 2. The first kappa shape index (κ1) is 54.8. The van der Waals surface area contributed by atoms with Crippen LogP contribution in [0.25, 0.3) is 21.9 Å². The predicted molar refractivity (Wildman–Crippen MR) is 307 cm³/mol. The molecule has 5 aliphatic heterocycles. The highest BCUT2D eigenvalue weighted by atomic mass is 33.1. The van der Waals surface area contributed by atoms with E-state index in [0.29, 0.717) is 60.5 Å². The van der Waals surface area contributed by atoms with Crippen molar-refractivity contribution < 1.29 is 49.7 Å². The summed E-state index contributed by atoms with van der Waals surface area (Å²) >= 11 is 0. The number of aryl methyl sites for hydroxylation is 1. The quantitative estimate of drug-likeness (QED) is 0.0813. The highest BCUT2D eigenvalue weighted by Gasteiger charge is 2.50. The van der Waals surface area contributed by atoms with Gasteiger partial charge in [0.2, 0.25) is 0 Å². The minimum atomic E-state index is -0.751. The molecule has 16 heteroatoms. The van der Waals surface area contributed by atoms with Crippen LogP contribution in [0.2, 0.25) is 0 Å². The number of carbonyl (C=O) groups excluding carboxylic acids is 2. The molecule has 2 saturated carbocycles. The van der Waals surface area contributed by atoms with Crippen LogP contribution in [0.15, 0.2) is 48.5 Å². The third-order valence-electron chi connectivity index (χ3n) is 18.9. The molecule has 4 fully saturated rings. The summed E-state index contributed by atoms with van der Waals surface area (Å²) in [7, 11) is 8.68. The number of phenols is 2. The largest absolute Gasteiger partial charge is 0.508 e. The van der Waals surface area contributed by atoms with Crippen LogP contribution in [0, 0.1) is 17.8 Å². The number of ether oxygens (including phenoxy) is 2. The second kappa shape index (κ2) is 23.1. The van der Waals surface area contributed by atoms with Gasteiger partial charge in [-0.15, -0.1) is 0 Å². The van der Waals surface area contributed by atoms with Crippen molar-refractivity contribution in [3.63, 3.8) is 0 Å². The van der Waals surface area contributed by atoms with E-state index in [0.717, 1.165) is 120 Å². The van der Waals surface area contributed by atoms with Crippen LogP contribution in [-0.4, -0.2) is 102 Å². The van der Waals surface area contributed by atoms with Crippen molar-refractivity contribution in [1.82, 2.24) is 5.32 Å². The van der Waals surface area contributed by atoms with Crippen molar-refractivity contribution in [2.24, 2.45) is 17.8 Å². The smallest absolute Gasteiger partial charge is 0.168 e. The van der Waals surface area contributed by atoms with E-state index in [4.69, 9.17) is 9.47 Å². The average molecular weight is 1110 g/mol. The number of rotatable bonds is 7. The molecule has 76 heavy (non-hydrogen) atoms. The molecule has 0 radical (unpaired) electrons. The van der Waals surface area contributed by atoms with E-state index in [1.165, 1.54) is 0 Å². The van der Waals surface area contributed by atoms with Gasteiger partial charge in [-0.2, -0.15) is 0 Å². The van der Waals surface area contributed by atoms with Gasteiger partial charge in [-0.1, -0.05) is 86.7 Å². The molecule has 410 valence electrons. The van der Waals surface area contributed by atoms with Gasteiger partial charge >= 0.3 is 0 Å². The van der Waals surface area contributed by atoms with Gasteiger partial charge in [-0.25, -0.2) is 0 Å². The van der Waals surface area contributed by atoms with Crippen LogP contribution < -0.4 is 15.4 Å². The number of Topliss-reactive ketones (excluding diaryl/α,β-unsaturated/α-hetero) is 2. The summed E-state index contributed by atoms with van der Waals surface area (Å²) in [5, 5.41) is 79.6. The fourth-order valence-electron chi connectivity index (χ4n) is 14.6. The Hall–Kier alpha value is -3.16. The lowest BCUT2D eigenvalue weighted by molar-refractivity contribution is -0.130. The number of nitrogens with one attached hydrogen (secondary N) is 2. The molecule has 8 N–H and O–H groups in total. The van der Waals surface area contributed by atoms with Crippen molar-refractivity contribution in [3.8, 4) is 28.4 Å². The number of aromatic hydroxyl groups is 2. The van der Waals surface area contributed by atoms with Gasteiger partial charge in [0.05, 0.1) is 42.3 Å². The Morgan fingerprint density at radius 3 is 2.51 bits per heavy atom. The third-order valence-corrected chi connectivity index (χ3v) is 24.9. The molecule has 3 aliphatic carbocycles. The monoisotopic (exact) mass is 1110 g/mol. The second-order valence-electron chi connectivity index (χ2n) is 23.4. The fourth-order valence-corrected chi connectivity index (χ4v) is 21.6. The number of phenolic OH excluding ortho intramolecular Hbond substituents is 2. The molecule has 2 saturated heterocycles. The number of methoxy groups -OCH3 is 1. The number of anilines is 1. The van der Waals surface area contributed by atoms with Crippen LogP contribution in [0.1, 0.15) is 161 Å². The van der Waals surface area contributed by atoms with E-state index < -0.39 is 34.8 Å². The maximum atomic E-state index is 15.0. The highest BCUT2D eigenvalue weighted by Crippen LogP contribution is 2.58. The number of benzene rings is 4. The summed E-state index contributed by atoms with van der Waals surface area (Å²) in [6.07, 6.45) is 9.54. The zero-order valence-electron chi connectivity index (χ0n) is 43.9. The number of aliphatic hydroxyl groups excluding tert-OH is 3. The minimum Gasteiger partial charge on any atom is -0.508 e. The zero-order chi connectivity index (χ0) is 52.9. The number of fused-ring (bicyclic) bond motifs is 9. The zero-order valence-corrected chi connectivity index (χ0v) is 47.2. The van der Waals surface area contributed by atoms with Crippen LogP contribution in [0.5, 0.6) is 17.2 Å². The van der Waals surface area contributed by atoms with Crippen molar-refractivity contribution >= 4 is 71.2 Å². The molecule has 8 aliphatic rings. The lowest BCUT2D eigenvalue weighted by atomic mass is 9.63. The Labute approximate surface area is 463 Å². The summed E-state index contributed by atoms with van der Waals surface area (Å²) in [6.45, 7) is 1.39. The summed E-state index contributed by atoms with van der Waals surface area (Å²) in [4.78, 5) is 28.2. The van der Waals surface area contributed by atoms with Gasteiger partial charge in [0.1, 0.15) is 17.8 Å². The molecular weight excluding hydrogens is 1040 g/mol. The first-order chi connectivity index (χ1) is 36.8. The molecule has 12 rings (SSSR count). The molecule has 11 unspecified atom stereocenters. The van der Waals surface area contributed by atoms with Crippen molar-refractivity contribution in [1.29, 1.82) is 0 Å². The first-order valence-electron chi connectivity index (χ1n) is 28.0. The van der Waals surface area contributed by atoms with Gasteiger partial charge in [-0.3, -0.25) is 14.9 Å². The maximum absolute atomic E-state index is 15.0. The fraction of sp³-hybridized carbons (Fsp3) is 0.600. The van der Waals surface area contributed by atoms with E-state index in [-0.39, 0.29) is 84.8 Å². The molecule has 0 spiro atoms. The third kappa shape index (κ3) is 10.8. The van der Waals surface area contributed by atoms with Gasteiger partial charge < -0.3 is 45.4 Å². The van der Waals surface area contributed by atoms with E-state index in [1.54, 1.807) is 53.8 Å². The van der Waals surface area contributed by atoms with Gasteiger partial charge in [0, 0.05) is 59.6 Å². The normalized spacial score (nSPS) is 31.7. The minimum absolute atomic E-state index is 0.00979. The average Bonchev–Trinajstić information content (AvgIpc) is 3.64. The van der Waals surface area contributed by atoms with Gasteiger partial charge in [0.25, 0.3) is 0 Å². The van der Waals surface area contributed by atoms with Crippen molar-refractivity contribution in [3.05, 3.63) is 81.9 Å². The lowest BCUT2D eigenvalue weighted by Gasteiger charge is -2.48. The Morgan fingerprint density at radius 2 is 1.74 bits per heavy atom. The molecule has 5 heterocycles. The molecule has 4 aromatic carbocycles. The molecule has 0 amide bonds. The summed E-state index contributed by atoms with van der Waals surface area (Å²) in [6, 6.07) is 14.6. The highest BCUT2D eigenvalue weighted by molar-refractivity contribution is 8.78. The Balaban J connectivity index is 1.06. The maximum Gasteiger partial charge on any atom is 0.168 e. The molecule has 4 aromatic rings. The molecular formula is C60H76N2O10S4. The van der Waals surface area contributed by atoms with E-state index in [1.807, 2.05) is 39.8 Å². The van der Waals surface area contributed by atoms with Crippen molar-refractivity contribution in [2.75, 3.05) is 30.5 Å². The first-order valence-corrected chi connectivity index (χ1v) is 32.8. The van der Waals surface area contributed by atoms with Crippen molar-refractivity contribution in [2.45, 2.75) is 181 Å². The number of ketones is 2. The predicted octanol–water partition coefficient (Wildman–Crippen LogP) is 11.4. The van der Waals surface area contributed by atoms with Gasteiger partial charge in [-0.05, 0) is 182 Å². The lowest BCUT2D eigenvalue weighted by Crippen LogP contribution is -2.51. The topological polar surface area (TPSA) is 198 Å². The number of aliphatic hydroxyl groups is 4. The second-order valence-corrected chi connectivity index (χ2v) is 28.6. The molecule has 0 aromatic heterocycles. The molecule has 11 atom stereocenters. The Kier molecular flexibility index (Phi) is 16.7. The van der Waals surface area contributed by atoms with E-state index >= 15 is 4.79 Å². The van der Waals surface area contributed by atoms with E-state index in [9.17, 15) is 35.4 Å². The standard InChI is InChI=1S/C60H76N2O10S4/c1-33(65)48-14-9-37-22-38(28-63)45-24-40-30-73-75-32-60-21-16-36(25-52(60)69)51(72-58(46-23-39(29-64)56(61-48)54(37)55(45)46)62-49(40)17-20-59(70)18-4-3-5-19-59)27-42(67)12-7-35-10-15-50(68)57(71-2)53(35)43-13-8-34-6-11-41(66)26-44(34)47(43)31-74-76-60/h6,8,10-11,13,15,23,26,36-38,40,45,48-49,51-52,58,61-64,66,68-70H,3-5,7,9,12,14,16-22,24-25,27-32H2,1-2H3. The van der Waals surface area contributed by atoms with Crippen LogP contribution in [-0.2, 0) is 33.1 Å². The Bertz CT molecular complexity index is 2810. The van der Waals surface area contributed by atoms with Gasteiger partial charge in [0.15, 0.2) is 17.3 Å². The summed E-state index contributed by atoms with van der Waals surface area (Å²) in [5.74, 6) is 2.40. The summed E-state index contributed by atoms with van der Waals surface area (Å²) in [5.41, 5.74) is 7.32. The molecule has 12 nitrogen and oxygen atoms in total. The van der Waals surface area contributed by atoms with Crippen LogP contribution >= 0.6 is 43.2 Å². The summed E-state index contributed by atoms with van der Waals surface area (Å²) < 4.78 is 13.2. The van der Waals surface area contributed by atoms with Crippen LogP contribution in [0.4, 0.5) is 5.69 Å². The Morgan fingerprint density at radius 1 is 0.908 bits per heavy atom. The number of hydrogen-bond acceptors (Lipinski definition) is 16. The SMILES string of the molecule is COc1c(O)ccc2c1-c1ccc3ccc(O)cc3c1CSSC13CCC(CC1O)C(CC(=O)CC2)OC1NC(CCC2(O)CCCCC2)C(CSSC3)CC2c3c1cc(CO)c1c3C(CCC(C(C)=O)N1)CC2CO. The number of hydrogen-bond donors (Lipinski definition) is 8. The van der Waals surface area contributed by atoms with E-state index in [2.05, 4.69) is 22.8 Å².